The molecule has 0 spiro atoms. The highest BCUT2D eigenvalue weighted by Crippen LogP contribution is 2.20. The molecule has 2 rings (SSSR count). The molecule has 110 valence electrons. The van der Waals surface area contributed by atoms with Crippen molar-refractivity contribution in [2.45, 2.75) is 26.2 Å². The van der Waals surface area contributed by atoms with E-state index in [4.69, 9.17) is 0 Å². The molecule has 0 bridgehead atoms. The van der Waals surface area contributed by atoms with E-state index in [-0.39, 0.29) is 5.69 Å². The van der Waals surface area contributed by atoms with Crippen molar-refractivity contribution in [2.75, 3.05) is 10.6 Å². The highest BCUT2D eigenvalue weighted by atomic mass is 19.1. The molecule has 0 aliphatic rings. The van der Waals surface area contributed by atoms with Crippen LogP contribution in [0.5, 0.6) is 0 Å². The summed E-state index contributed by atoms with van der Waals surface area (Å²) in [4.78, 5) is 11.8. The number of carbonyl (C=O) groups is 1. The Morgan fingerprint density at radius 3 is 2.38 bits per heavy atom. The first kappa shape index (κ1) is 15.0. The molecule has 0 fully saturated rings. The lowest BCUT2D eigenvalue weighted by molar-refractivity contribution is 0.262. The van der Waals surface area contributed by atoms with Crippen molar-refractivity contribution in [3.05, 3.63) is 59.9 Å². The van der Waals surface area contributed by atoms with E-state index >= 15 is 0 Å². The third kappa shape index (κ3) is 4.05. The molecule has 0 saturated carbocycles. The predicted octanol–water partition coefficient (Wildman–Crippen LogP) is 4.98. The number of rotatable bonds is 4. The van der Waals surface area contributed by atoms with E-state index in [1.54, 1.807) is 12.1 Å². The maximum absolute atomic E-state index is 13.4. The molecular weight excluding hydrogens is 267 g/mol. The number of urea groups is 1. The van der Waals surface area contributed by atoms with Gasteiger partial charge in [0.1, 0.15) is 5.82 Å². The Hall–Kier alpha value is -2.36. The summed E-state index contributed by atoms with van der Waals surface area (Å²) >= 11 is 0. The quantitative estimate of drug-likeness (QED) is 0.817. The maximum atomic E-state index is 13.4. The van der Waals surface area contributed by atoms with Crippen molar-refractivity contribution in [1.29, 1.82) is 0 Å². The monoisotopic (exact) mass is 286 g/mol. The van der Waals surface area contributed by atoms with Gasteiger partial charge in [-0.05, 0) is 42.2 Å². The normalized spacial score (nSPS) is 11.8. The van der Waals surface area contributed by atoms with E-state index in [1.807, 2.05) is 24.3 Å². The first-order chi connectivity index (χ1) is 10.1. The maximum Gasteiger partial charge on any atom is 0.323 e. The number of hydrogen-bond donors (Lipinski definition) is 2. The lowest BCUT2D eigenvalue weighted by atomic mass is 9.99. The van der Waals surface area contributed by atoms with Gasteiger partial charge >= 0.3 is 6.03 Å². The third-order valence-electron chi connectivity index (χ3n) is 3.47. The smallest absolute Gasteiger partial charge is 0.308 e. The molecule has 4 heteroatoms. The molecule has 1 atom stereocenters. The highest BCUT2D eigenvalue weighted by molar-refractivity contribution is 5.99. The molecule has 0 aromatic heterocycles. The van der Waals surface area contributed by atoms with Crippen molar-refractivity contribution in [1.82, 2.24) is 0 Å². The number of carbonyl (C=O) groups excluding carboxylic acids is 1. The van der Waals surface area contributed by atoms with E-state index < -0.39 is 11.8 Å². The molecule has 2 amide bonds. The molecular formula is C17H19FN2O. The van der Waals surface area contributed by atoms with Crippen molar-refractivity contribution < 1.29 is 9.18 Å². The van der Waals surface area contributed by atoms with Gasteiger partial charge in [0, 0.05) is 5.69 Å². The minimum Gasteiger partial charge on any atom is -0.308 e. The van der Waals surface area contributed by atoms with Crippen LogP contribution in [0, 0.1) is 5.82 Å². The van der Waals surface area contributed by atoms with Crippen LogP contribution in [0.15, 0.2) is 48.5 Å². The summed E-state index contributed by atoms with van der Waals surface area (Å²) in [5.74, 6) is 0.0334. The molecule has 3 nitrogen and oxygen atoms in total. The average Bonchev–Trinajstić information content (AvgIpc) is 2.49. The van der Waals surface area contributed by atoms with Crippen molar-refractivity contribution in [3.63, 3.8) is 0 Å². The summed E-state index contributed by atoms with van der Waals surface area (Å²) in [6.45, 7) is 4.30. The summed E-state index contributed by atoms with van der Waals surface area (Å²) in [6, 6.07) is 13.3. The number of halogens is 1. The zero-order valence-electron chi connectivity index (χ0n) is 12.2. The van der Waals surface area contributed by atoms with E-state index in [0.29, 0.717) is 11.6 Å². The minimum atomic E-state index is -0.462. The van der Waals surface area contributed by atoms with Crippen LogP contribution in [0.1, 0.15) is 31.7 Å². The second-order valence-electron chi connectivity index (χ2n) is 4.99. The highest BCUT2D eigenvalue weighted by Gasteiger charge is 2.07. The Kier molecular flexibility index (Phi) is 4.93. The van der Waals surface area contributed by atoms with Gasteiger partial charge in [0.15, 0.2) is 0 Å². The molecule has 0 heterocycles. The van der Waals surface area contributed by atoms with E-state index in [2.05, 4.69) is 24.5 Å². The molecule has 0 radical (unpaired) electrons. The molecule has 0 saturated heterocycles. The first-order valence-corrected chi connectivity index (χ1v) is 7.02. The van der Waals surface area contributed by atoms with Gasteiger partial charge in [-0.3, -0.25) is 0 Å². The van der Waals surface area contributed by atoms with E-state index in [9.17, 15) is 9.18 Å². The van der Waals surface area contributed by atoms with Gasteiger partial charge in [0.2, 0.25) is 0 Å². The SMILES string of the molecule is CC[C@H](C)c1ccc(NC(=O)Nc2ccccc2F)cc1. The Balaban J connectivity index is 1.98. The van der Waals surface area contributed by atoms with Gasteiger partial charge in [-0.1, -0.05) is 38.1 Å². The number of anilines is 2. The summed E-state index contributed by atoms with van der Waals surface area (Å²) < 4.78 is 13.4. The van der Waals surface area contributed by atoms with Gasteiger partial charge in [-0.15, -0.1) is 0 Å². The van der Waals surface area contributed by atoms with Gasteiger partial charge < -0.3 is 10.6 Å². The van der Waals surface area contributed by atoms with Gasteiger partial charge in [-0.25, -0.2) is 9.18 Å². The van der Waals surface area contributed by atoms with Gasteiger partial charge in [0.05, 0.1) is 5.69 Å². The van der Waals surface area contributed by atoms with Crippen LogP contribution in [0.4, 0.5) is 20.6 Å². The molecule has 2 aromatic rings. The van der Waals surface area contributed by atoms with Crippen molar-refractivity contribution in [3.8, 4) is 0 Å². The topological polar surface area (TPSA) is 41.1 Å². The summed E-state index contributed by atoms with van der Waals surface area (Å²) in [7, 11) is 0. The number of amides is 2. The Labute approximate surface area is 124 Å². The second-order valence-corrected chi connectivity index (χ2v) is 4.99. The Morgan fingerprint density at radius 2 is 1.76 bits per heavy atom. The number of benzene rings is 2. The van der Waals surface area contributed by atoms with Crippen LogP contribution >= 0.6 is 0 Å². The number of para-hydroxylation sites is 1. The fraction of sp³-hybridized carbons (Fsp3) is 0.235. The lowest BCUT2D eigenvalue weighted by Gasteiger charge is -2.11. The molecule has 0 aliphatic carbocycles. The fourth-order valence-corrected chi connectivity index (χ4v) is 1.98. The van der Waals surface area contributed by atoms with E-state index in [0.717, 1.165) is 6.42 Å². The largest absolute Gasteiger partial charge is 0.323 e. The van der Waals surface area contributed by atoms with Crippen LogP contribution in [0.25, 0.3) is 0 Å². The fourth-order valence-electron chi connectivity index (χ4n) is 1.98. The minimum absolute atomic E-state index is 0.159. The predicted molar refractivity (Wildman–Crippen MR) is 84.2 cm³/mol. The van der Waals surface area contributed by atoms with Crippen LogP contribution in [-0.2, 0) is 0 Å². The molecule has 0 aliphatic heterocycles. The molecule has 2 N–H and O–H groups in total. The van der Waals surface area contributed by atoms with Crippen LogP contribution in [0.3, 0.4) is 0 Å². The molecule has 0 unspecified atom stereocenters. The summed E-state index contributed by atoms with van der Waals surface area (Å²) in [6.07, 6.45) is 1.07. The standard InChI is InChI=1S/C17H19FN2O/c1-3-12(2)13-8-10-14(11-9-13)19-17(21)20-16-7-5-4-6-15(16)18/h4-12H,3H2,1-2H3,(H2,19,20,21)/t12-/m0/s1. The Morgan fingerprint density at radius 1 is 1.10 bits per heavy atom. The van der Waals surface area contributed by atoms with Crippen LogP contribution in [0.2, 0.25) is 0 Å². The van der Waals surface area contributed by atoms with Crippen molar-refractivity contribution in [2.24, 2.45) is 0 Å². The summed E-state index contributed by atoms with van der Waals surface area (Å²) in [5.41, 5.74) is 2.07. The zero-order valence-corrected chi connectivity index (χ0v) is 12.2. The molecule has 2 aromatic carbocycles. The average molecular weight is 286 g/mol. The third-order valence-corrected chi connectivity index (χ3v) is 3.47. The number of hydrogen-bond acceptors (Lipinski definition) is 1. The lowest BCUT2D eigenvalue weighted by Crippen LogP contribution is -2.20. The van der Waals surface area contributed by atoms with Gasteiger partial charge in [-0.2, -0.15) is 0 Å². The Bertz CT molecular complexity index is 610. The number of nitrogens with one attached hydrogen (secondary N) is 2. The van der Waals surface area contributed by atoms with Crippen LogP contribution < -0.4 is 10.6 Å². The molecule has 21 heavy (non-hydrogen) atoms. The van der Waals surface area contributed by atoms with Gasteiger partial charge in [0.25, 0.3) is 0 Å². The summed E-state index contributed by atoms with van der Waals surface area (Å²) in [5, 5.41) is 5.17. The zero-order chi connectivity index (χ0) is 15.2. The van der Waals surface area contributed by atoms with Crippen LogP contribution in [-0.4, -0.2) is 6.03 Å². The first-order valence-electron chi connectivity index (χ1n) is 7.02. The van der Waals surface area contributed by atoms with E-state index in [1.165, 1.54) is 17.7 Å². The van der Waals surface area contributed by atoms with Crippen molar-refractivity contribution >= 4 is 17.4 Å². The second kappa shape index (κ2) is 6.88.